The van der Waals surface area contributed by atoms with Gasteiger partial charge in [0.05, 0.1) is 0 Å². The van der Waals surface area contributed by atoms with Crippen molar-refractivity contribution >= 4 is 0 Å². The Balaban J connectivity index is 3.55. The number of hydrogen-bond acceptors (Lipinski definition) is 2. The van der Waals surface area contributed by atoms with Crippen molar-refractivity contribution in [1.29, 1.82) is 0 Å². The zero-order valence-corrected chi connectivity index (χ0v) is 8.30. The van der Waals surface area contributed by atoms with E-state index in [0.717, 1.165) is 0 Å². The molecule has 0 rings (SSSR count). The van der Waals surface area contributed by atoms with Crippen LogP contribution >= 0.6 is 0 Å². The van der Waals surface area contributed by atoms with Gasteiger partial charge in [-0.1, -0.05) is 13.3 Å². The molecule has 0 amide bonds. The number of hydrogen-bond donors (Lipinski definition) is 1. The molecular formula is C9H22N2. The Kier molecular flexibility index (Phi) is 5.51. The van der Waals surface area contributed by atoms with Crippen molar-refractivity contribution in [3.05, 3.63) is 0 Å². The van der Waals surface area contributed by atoms with E-state index < -0.39 is 0 Å². The summed E-state index contributed by atoms with van der Waals surface area (Å²) in [6.07, 6.45) is 2.53. The van der Waals surface area contributed by atoms with Crippen LogP contribution in [0.1, 0.15) is 33.6 Å². The summed E-state index contributed by atoms with van der Waals surface area (Å²) in [5, 5.41) is 0. The molecule has 0 aliphatic heterocycles. The minimum atomic E-state index is 0.275. The Morgan fingerprint density at radius 1 is 1.36 bits per heavy atom. The van der Waals surface area contributed by atoms with Gasteiger partial charge in [0.25, 0.3) is 0 Å². The Morgan fingerprint density at radius 3 is 2.27 bits per heavy atom. The summed E-state index contributed by atoms with van der Waals surface area (Å²) in [7, 11) is 2.14. The molecule has 2 atom stereocenters. The van der Waals surface area contributed by atoms with Gasteiger partial charge in [0, 0.05) is 12.1 Å². The van der Waals surface area contributed by atoms with Crippen LogP contribution < -0.4 is 5.73 Å². The summed E-state index contributed by atoms with van der Waals surface area (Å²) in [5.74, 6) is 0. The molecule has 0 aliphatic carbocycles. The molecule has 0 spiro atoms. The SMILES string of the molecule is CCCCN(C)C(C)C(C)N. The monoisotopic (exact) mass is 158 g/mol. The van der Waals surface area contributed by atoms with Crippen molar-refractivity contribution < 1.29 is 0 Å². The maximum atomic E-state index is 5.77. The number of nitrogens with zero attached hydrogens (tertiary/aromatic N) is 1. The molecule has 2 N–H and O–H groups in total. The molecule has 0 heterocycles. The molecule has 2 nitrogen and oxygen atoms in total. The highest BCUT2D eigenvalue weighted by Crippen LogP contribution is 2.01. The second kappa shape index (κ2) is 5.56. The fraction of sp³-hybridized carbons (Fsp3) is 1.00. The quantitative estimate of drug-likeness (QED) is 0.656. The van der Waals surface area contributed by atoms with Crippen molar-refractivity contribution in [2.45, 2.75) is 45.7 Å². The van der Waals surface area contributed by atoms with Crippen LogP contribution in [0.4, 0.5) is 0 Å². The summed E-state index contributed by atoms with van der Waals surface area (Å²) in [5.41, 5.74) is 5.77. The van der Waals surface area contributed by atoms with E-state index in [1.165, 1.54) is 19.4 Å². The van der Waals surface area contributed by atoms with Crippen LogP contribution in [0.2, 0.25) is 0 Å². The van der Waals surface area contributed by atoms with Crippen molar-refractivity contribution in [2.75, 3.05) is 13.6 Å². The van der Waals surface area contributed by atoms with Gasteiger partial charge in [0.15, 0.2) is 0 Å². The van der Waals surface area contributed by atoms with Crippen molar-refractivity contribution in [3.63, 3.8) is 0 Å². The Hall–Kier alpha value is -0.0800. The van der Waals surface area contributed by atoms with Gasteiger partial charge in [-0.15, -0.1) is 0 Å². The van der Waals surface area contributed by atoms with E-state index >= 15 is 0 Å². The standard InChI is InChI=1S/C9H22N2/c1-5-6-7-11(4)9(3)8(2)10/h8-9H,5-7,10H2,1-4H3. The van der Waals surface area contributed by atoms with Gasteiger partial charge in [-0.25, -0.2) is 0 Å². The average molecular weight is 158 g/mol. The summed E-state index contributed by atoms with van der Waals surface area (Å²) in [6.45, 7) is 7.62. The van der Waals surface area contributed by atoms with Gasteiger partial charge in [-0.05, 0) is 33.9 Å². The molecule has 2 unspecified atom stereocenters. The summed E-state index contributed by atoms with van der Waals surface area (Å²) in [6, 6.07) is 0.776. The smallest absolute Gasteiger partial charge is 0.0213 e. The van der Waals surface area contributed by atoms with Gasteiger partial charge in [0.1, 0.15) is 0 Å². The normalized spacial score (nSPS) is 16.9. The molecular weight excluding hydrogens is 136 g/mol. The van der Waals surface area contributed by atoms with Gasteiger partial charge in [-0.3, -0.25) is 0 Å². The van der Waals surface area contributed by atoms with Crippen LogP contribution in [-0.2, 0) is 0 Å². The lowest BCUT2D eigenvalue weighted by atomic mass is 10.1. The van der Waals surface area contributed by atoms with E-state index in [0.29, 0.717) is 6.04 Å². The zero-order chi connectivity index (χ0) is 8.85. The van der Waals surface area contributed by atoms with E-state index in [1.54, 1.807) is 0 Å². The highest BCUT2D eigenvalue weighted by Gasteiger charge is 2.11. The van der Waals surface area contributed by atoms with Crippen molar-refractivity contribution in [3.8, 4) is 0 Å². The largest absolute Gasteiger partial charge is 0.327 e. The number of unbranched alkanes of at least 4 members (excludes halogenated alkanes) is 1. The highest BCUT2D eigenvalue weighted by atomic mass is 15.1. The predicted octanol–water partition coefficient (Wildman–Crippen LogP) is 1.45. The first-order valence-electron chi connectivity index (χ1n) is 4.55. The Labute approximate surface area is 70.8 Å². The fourth-order valence-corrected chi connectivity index (χ4v) is 1.01. The third-order valence-electron chi connectivity index (χ3n) is 2.32. The second-order valence-corrected chi connectivity index (χ2v) is 3.43. The molecule has 0 aromatic rings. The predicted molar refractivity (Wildman–Crippen MR) is 50.6 cm³/mol. The van der Waals surface area contributed by atoms with Crippen LogP contribution in [0.25, 0.3) is 0 Å². The van der Waals surface area contributed by atoms with E-state index in [4.69, 9.17) is 5.73 Å². The van der Waals surface area contributed by atoms with Gasteiger partial charge >= 0.3 is 0 Å². The lowest BCUT2D eigenvalue weighted by Gasteiger charge is -2.27. The maximum absolute atomic E-state index is 5.77. The summed E-state index contributed by atoms with van der Waals surface area (Å²) < 4.78 is 0. The van der Waals surface area contributed by atoms with E-state index in [9.17, 15) is 0 Å². The molecule has 11 heavy (non-hydrogen) atoms. The third-order valence-corrected chi connectivity index (χ3v) is 2.32. The molecule has 0 saturated heterocycles. The first-order valence-corrected chi connectivity index (χ1v) is 4.55. The van der Waals surface area contributed by atoms with E-state index in [2.05, 4.69) is 32.7 Å². The summed E-state index contributed by atoms with van der Waals surface area (Å²) in [4.78, 5) is 2.33. The molecule has 0 saturated carbocycles. The fourth-order valence-electron chi connectivity index (χ4n) is 1.01. The van der Waals surface area contributed by atoms with Crippen LogP contribution in [-0.4, -0.2) is 30.6 Å². The minimum Gasteiger partial charge on any atom is -0.327 e. The van der Waals surface area contributed by atoms with Gasteiger partial charge < -0.3 is 10.6 Å². The van der Waals surface area contributed by atoms with Crippen LogP contribution in [0.15, 0.2) is 0 Å². The Bertz CT molecular complexity index is 91.6. The van der Waals surface area contributed by atoms with Crippen molar-refractivity contribution in [1.82, 2.24) is 4.90 Å². The zero-order valence-electron chi connectivity index (χ0n) is 8.30. The van der Waals surface area contributed by atoms with E-state index in [-0.39, 0.29) is 6.04 Å². The molecule has 0 aromatic heterocycles. The first-order chi connectivity index (χ1) is 5.09. The molecule has 0 fully saturated rings. The van der Waals surface area contributed by atoms with Crippen LogP contribution in [0, 0.1) is 0 Å². The molecule has 0 aromatic carbocycles. The number of rotatable bonds is 5. The molecule has 0 radical (unpaired) electrons. The number of likely N-dealkylation sites (N-methyl/N-ethyl adjacent to an activating group) is 1. The number of nitrogens with two attached hydrogens (primary N) is 1. The maximum Gasteiger partial charge on any atom is 0.0213 e. The first kappa shape index (κ1) is 10.9. The molecule has 0 aliphatic rings. The lowest BCUT2D eigenvalue weighted by molar-refractivity contribution is 0.229. The highest BCUT2D eigenvalue weighted by molar-refractivity contribution is 4.71. The lowest BCUT2D eigenvalue weighted by Crippen LogP contribution is -2.42. The van der Waals surface area contributed by atoms with Crippen LogP contribution in [0.3, 0.4) is 0 Å². The topological polar surface area (TPSA) is 29.3 Å². The van der Waals surface area contributed by atoms with Crippen molar-refractivity contribution in [2.24, 2.45) is 5.73 Å². The molecule has 2 heteroatoms. The van der Waals surface area contributed by atoms with E-state index in [1.807, 2.05) is 0 Å². The van der Waals surface area contributed by atoms with Gasteiger partial charge in [-0.2, -0.15) is 0 Å². The second-order valence-electron chi connectivity index (χ2n) is 3.43. The third kappa shape index (κ3) is 4.38. The summed E-state index contributed by atoms with van der Waals surface area (Å²) >= 11 is 0. The average Bonchev–Trinajstić information content (AvgIpc) is 1.98. The molecule has 68 valence electrons. The minimum absolute atomic E-state index is 0.275. The van der Waals surface area contributed by atoms with Crippen LogP contribution in [0.5, 0.6) is 0 Å². The molecule has 0 bridgehead atoms. The Morgan fingerprint density at radius 2 is 1.91 bits per heavy atom. The van der Waals surface area contributed by atoms with Gasteiger partial charge in [0.2, 0.25) is 0 Å².